The Balaban J connectivity index is 1.39. The highest BCUT2D eigenvalue weighted by molar-refractivity contribution is 6.07. The lowest BCUT2D eigenvalue weighted by molar-refractivity contribution is 0.00458. The topological polar surface area (TPSA) is 132 Å². The maximum Gasteiger partial charge on any atom is 0.229 e. The minimum absolute atomic E-state index is 0.182. The number of carbonyl (C=O) groups is 2. The average molecular weight is 557 g/mol. The van der Waals surface area contributed by atoms with E-state index in [2.05, 4.69) is 19.9 Å². The number of hydrogen-bond donors (Lipinski definition) is 0. The summed E-state index contributed by atoms with van der Waals surface area (Å²) in [6.45, 7) is 2.83. The number of ether oxygens (including phenoxy) is 5. The van der Waals surface area contributed by atoms with Gasteiger partial charge in [-0.05, 0) is 36.4 Å². The summed E-state index contributed by atoms with van der Waals surface area (Å²) in [7, 11) is 0. The maximum atomic E-state index is 13.2. The third-order valence-electron chi connectivity index (χ3n) is 5.84. The molecule has 0 amide bonds. The van der Waals surface area contributed by atoms with E-state index in [1.165, 1.54) is 0 Å². The van der Waals surface area contributed by atoms with Crippen molar-refractivity contribution in [1.29, 1.82) is 0 Å². The summed E-state index contributed by atoms with van der Waals surface area (Å²) in [4.78, 5) is 44.1. The van der Waals surface area contributed by atoms with E-state index in [9.17, 15) is 9.59 Å². The molecule has 210 valence electrons. The molecule has 5 heterocycles. The van der Waals surface area contributed by atoms with Gasteiger partial charge >= 0.3 is 0 Å². The summed E-state index contributed by atoms with van der Waals surface area (Å²) in [6, 6.07) is 20.0. The van der Waals surface area contributed by atoms with Crippen LogP contribution in [0, 0.1) is 0 Å². The van der Waals surface area contributed by atoms with Gasteiger partial charge in [0.1, 0.15) is 36.0 Å². The van der Waals surface area contributed by atoms with Gasteiger partial charge in [0.2, 0.25) is 23.3 Å². The molecule has 0 fully saturated rings. The average Bonchev–Trinajstić information content (AvgIpc) is 3.02. The second kappa shape index (κ2) is 14.2. The normalized spacial score (nSPS) is 15.7. The summed E-state index contributed by atoms with van der Waals surface area (Å²) in [5.74, 6) is -0.146. The van der Waals surface area contributed by atoms with Crippen molar-refractivity contribution < 1.29 is 33.3 Å². The van der Waals surface area contributed by atoms with Crippen LogP contribution in [0.25, 0.3) is 11.4 Å². The zero-order valence-corrected chi connectivity index (χ0v) is 22.2. The van der Waals surface area contributed by atoms with Gasteiger partial charge in [0.05, 0.1) is 51.0 Å². The SMILES string of the molecule is O=C1c2cccc(n2)OCCOCCOCCOCCOc2cccc(n2)C(=O)c2cccc(n2)-c2cccc1n2. The summed E-state index contributed by atoms with van der Waals surface area (Å²) in [5.41, 5.74) is 1.60. The van der Waals surface area contributed by atoms with Gasteiger partial charge in [-0.1, -0.05) is 24.3 Å². The van der Waals surface area contributed by atoms with Crippen molar-refractivity contribution in [2.24, 2.45) is 0 Å². The van der Waals surface area contributed by atoms with Crippen LogP contribution in [0.15, 0.2) is 72.8 Å². The zero-order valence-electron chi connectivity index (χ0n) is 22.2. The molecule has 0 unspecified atom stereocenters. The van der Waals surface area contributed by atoms with Crippen LogP contribution in [0.4, 0.5) is 0 Å². The van der Waals surface area contributed by atoms with E-state index in [0.717, 1.165) is 0 Å². The first-order valence-corrected chi connectivity index (χ1v) is 13.1. The molecular weight excluding hydrogens is 528 g/mol. The molecule has 4 aromatic heterocycles. The predicted molar refractivity (Wildman–Crippen MR) is 146 cm³/mol. The fourth-order valence-electron chi connectivity index (χ4n) is 3.87. The molecule has 0 N–H and O–H groups in total. The van der Waals surface area contributed by atoms with Crippen LogP contribution in [0.2, 0.25) is 0 Å². The number of aromatic nitrogens is 4. The molecule has 4 aromatic rings. The van der Waals surface area contributed by atoms with E-state index >= 15 is 0 Å². The standard InChI is InChI=1S/C30H28N4O7/c35-29-23-7-1-5-21(31-23)22-6-2-8-24(32-22)30(36)26-10-4-12-28(34-26)41-20-18-39-16-14-37-13-15-38-17-19-40-27-11-3-9-25(29)33-27/h1-12H,13-20H2. The number of pyridine rings is 4. The molecule has 1 aliphatic heterocycles. The first kappa shape index (κ1) is 28.0. The first-order chi connectivity index (χ1) is 20.2. The van der Waals surface area contributed by atoms with Crippen LogP contribution in [-0.4, -0.2) is 84.4 Å². The monoisotopic (exact) mass is 556 g/mol. The highest BCUT2D eigenvalue weighted by Gasteiger charge is 2.17. The van der Waals surface area contributed by atoms with Crippen LogP contribution in [-0.2, 0) is 14.2 Å². The third kappa shape index (κ3) is 7.76. The highest BCUT2D eigenvalue weighted by atomic mass is 16.6. The van der Waals surface area contributed by atoms with Crippen molar-refractivity contribution in [3.63, 3.8) is 0 Å². The van der Waals surface area contributed by atoms with Gasteiger partial charge < -0.3 is 23.7 Å². The minimum Gasteiger partial charge on any atom is -0.475 e. The number of rotatable bonds is 0. The first-order valence-electron chi connectivity index (χ1n) is 13.1. The molecule has 0 aliphatic carbocycles. The number of ketones is 2. The van der Waals surface area contributed by atoms with Crippen molar-refractivity contribution in [2.45, 2.75) is 0 Å². The Labute approximate surface area is 236 Å². The third-order valence-corrected chi connectivity index (χ3v) is 5.84. The van der Waals surface area contributed by atoms with Gasteiger partial charge in [-0.25, -0.2) is 19.9 Å². The molecule has 8 bridgehead atoms. The smallest absolute Gasteiger partial charge is 0.229 e. The number of carbonyl (C=O) groups excluding carboxylic acids is 2. The summed E-state index contributed by atoms with van der Waals surface area (Å²) >= 11 is 0. The second-order valence-electron chi connectivity index (χ2n) is 8.73. The van der Waals surface area contributed by atoms with Crippen LogP contribution in [0.5, 0.6) is 11.8 Å². The molecule has 1 aliphatic rings. The fourth-order valence-corrected chi connectivity index (χ4v) is 3.87. The van der Waals surface area contributed by atoms with Gasteiger partial charge in [-0.3, -0.25) is 9.59 Å². The maximum absolute atomic E-state index is 13.2. The van der Waals surface area contributed by atoms with Crippen LogP contribution in [0.1, 0.15) is 32.4 Å². The van der Waals surface area contributed by atoms with Gasteiger partial charge in [0.15, 0.2) is 0 Å². The van der Waals surface area contributed by atoms with Crippen LogP contribution < -0.4 is 9.47 Å². The highest BCUT2D eigenvalue weighted by Crippen LogP contribution is 2.19. The lowest BCUT2D eigenvalue weighted by Gasteiger charge is -2.09. The van der Waals surface area contributed by atoms with E-state index in [4.69, 9.17) is 23.7 Å². The molecule has 0 radical (unpaired) electrons. The fraction of sp³-hybridized carbons (Fsp3) is 0.267. The molecule has 0 aromatic carbocycles. The Bertz CT molecular complexity index is 1390. The van der Waals surface area contributed by atoms with Crippen molar-refractivity contribution in [3.05, 3.63) is 95.6 Å². The van der Waals surface area contributed by atoms with Gasteiger partial charge in [-0.2, -0.15) is 0 Å². The van der Waals surface area contributed by atoms with Crippen LogP contribution in [0.3, 0.4) is 0 Å². The van der Waals surface area contributed by atoms with Crippen molar-refractivity contribution in [2.75, 3.05) is 52.9 Å². The summed E-state index contributed by atoms with van der Waals surface area (Å²) in [5, 5.41) is 0. The Morgan fingerprint density at radius 2 is 0.707 bits per heavy atom. The number of hydrogen-bond acceptors (Lipinski definition) is 11. The molecule has 11 heteroatoms. The lowest BCUT2D eigenvalue weighted by atomic mass is 10.1. The Morgan fingerprint density at radius 1 is 0.390 bits per heavy atom. The van der Waals surface area contributed by atoms with Crippen LogP contribution >= 0.6 is 0 Å². The Kier molecular flexibility index (Phi) is 9.67. The molecular formula is C30H28N4O7. The second-order valence-corrected chi connectivity index (χ2v) is 8.73. The lowest BCUT2D eigenvalue weighted by Crippen LogP contribution is -2.15. The minimum atomic E-state index is -0.375. The molecule has 41 heavy (non-hydrogen) atoms. The van der Waals surface area contributed by atoms with Crippen molar-refractivity contribution in [3.8, 4) is 23.1 Å². The van der Waals surface area contributed by atoms with E-state index in [-0.39, 0.29) is 47.6 Å². The van der Waals surface area contributed by atoms with Gasteiger partial charge in [0.25, 0.3) is 0 Å². The molecule has 11 nitrogen and oxygen atoms in total. The summed E-state index contributed by atoms with van der Waals surface area (Å²) < 4.78 is 27.8. The molecule has 0 saturated carbocycles. The molecule has 5 rings (SSSR count). The van der Waals surface area contributed by atoms with E-state index in [1.54, 1.807) is 72.8 Å². The van der Waals surface area contributed by atoms with Gasteiger partial charge in [0, 0.05) is 12.1 Å². The number of nitrogens with zero attached hydrogens (tertiary/aromatic N) is 4. The Morgan fingerprint density at radius 3 is 1.12 bits per heavy atom. The Hall–Kier alpha value is -4.58. The van der Waals surface area contributed by atoms with Gasteiger partial charge in [-0.15, -0.1) is 0 Å². The summed E-state index contributed by atoms with van der Waals surface area (Å²) in [6.07, 6.45) is 0. The number of fused-ring (bicyclic) bond motifs is 9. The largest absolute Gasteiger partial charge is 0.475 e. The molecule has 0 saturated heterocycles. The van der Waals surface area contributed by atoms with E-state index in [0.29, 0.717) is 62.8 Å². The zero-order chi connectivity index (χ0) is 28.3. The van der Waals surface area contributed by atoms with E-state index in [1.807, 2.05) is 0 Å². The predicted octanol–water partition coefficient (Wildman–Crippen LogP) is 3.22. The van der Waals surface area contributed by atoms with Crippen molar-refractivity contribution >= 4 is 11.6 Å². The quantitative estimate of drug-likeness (QED) is 0.316. The van der Waals surface area contributed by atoms with E-state index < -0.39 is 0 Å². The molecule has 0 atom stereocenters. The molecule has 0 spiro atoms. The van der Waals surface area contributed by atoms with Crippen molar-refractivity contribution in [1.82, 2.24) is 19.9 Å².